The van der Waals surface area contributed by atoms with Crippen LogP contribution in [0.15, 0.2) is 43.0 Å². The number of halogens is 1. The van der Waals surface area contributed by atoms with Crippen LogP contribution >= 0.6 is 11.6 Å². The van der Waals surface area contributed by atoms with Crippen molar-refractivity contribution in [3.63, 3.8) is 0 Å². The SMILES string of the molecule is O=C(c1ccc(Cl)cc1)C1CCN(C(=O)Cc2cncnc2)CC1. The molecule has 1 aliphatic rings. The van der Waals surface area contributed by atoms with E-state index in [0.29, 0.717) is 42.9 Å². The molecule has 0 radical (unpaired) electrons. The molecule has 0 spiro atoms. The van der Waals surface area contributed by atoms with Gasteiger partial charge in [0.2, 0.25) is 5.91 Å². The molecule has 0 bridgehead atoms. The number of carbonyl (C=O) groups excluding carboxylic acids is 2. The summed E-state index contributed by atoms with van der Waals surface area (Å²) in [6.07, 6.45) is 6.44. The number of likely N-dealkylation sites (tertiary alicyclic amines) is 1. The zero-order chi connectivity index (χ0) is 16.9. The van der Waals surface area contributed by atoms with E-state index in [9.17, 15) is 9.59 Å². The number of hydrogen-bond acceptors (Lipinski definition) is 4. The summed E-state index contributed by atoms with van der Waals surface area (Å²) in [6, 6.07) is 6.99. The molecular weight excluding hydrogens is 326 g/mol. The Hall–Kier alpha value is -2.27. The van der Waals surface area contributed by atoms with Gasteiger partial charge in [-0.3, -0.25) is 9.59 Å². The predicted molar refractivity (Wildman–Crippen MR) is 90.8 cm³/mol. The molecule has 1 aliphatic heterocycles. The van der Waals surface area contributed by atoms with E-state index < -0.39 is 0 Å². The van der Waals surface area contributed by atoms with Crippen molar-refractivity contribution in [3.8, 4) is 0 Å². The van der Waals surface area contributed by atoms with Crippen molar-refractivity contribution in [2.45, 2.75) is 19.3 Å². The topological polar surface area (TPSA) is 63.2 Å². The first-order valence-electron chi connectivity index (χ1n) is 7.95. The molecule has 124 valence electrons. The predicted octanol–water partition coefficient (Wildman–Crippen LogP) is 2.79. The summed E-state index contributed by atoms with van der Waals surface area (Å²) in [5.74, 6) is 0.160. The molecule has 0 aliphatic carbocycles. The van der Waals surface area contributed by atoms with Gasteiger partial charge in [0.15, 0.2) is 5.78 Å². The van der Waals surface area contributed by atoms with Crippen molar-refractivity contribution in [1.82, 2.24) is 14.9 Å². The lowest BCUT2D eigenvalue weighted by Crippen LogP contribution is -2.41. The van der Waals surface area contributed by atoms with Crippen LogP contribution in [0.4, 0.5) is 0 Å². The quantitative estimate of drug-likeness (QED) is 0.801. The first-order valence-corrected chi connectivity index (χ1v) is 8.33. The lowest BCUT2D eigenvalue weighted by atomic mass is 9.89. The second kappa shape index (κ2) is 7.53. The summed E-state index contributed by atoms with van der Waals surface area (Å²) in [7, 11) is 0. The third kappa shape index (κ3) is 3.97. The van der Waals surface area contributed by atoms with Crippen LogP contribution in [-0.2, 0) is 11.2 Å². The van der Waals surface area contributed by atoms with Crippen LogP contribution < -0.4 is 0 Å². The first-order chi connectivity index (χ1) is 11.6. The molecule has 1 aromatic carbocycles. The lowest BCUT2D eigenvalue weighted by molar-refractivity contribution is -0.131. The molecule has 2 heterocycles. The van der Waals surface area contributed by atoms with Gasteiger partial charge in [-0.2, -0.15) is 0 Å². The van der Waals surface area contributed by atoms with Gasteiger partial charge in [-0.1, -0.05) is 11.6 Å². The van der Waals surface area contributed by atoms with Gasteiger partial charge in [0, 0.05) is 42.0 Å². The fraction of sp³-hybridized carbons (Fsp3) is 0.333. The minimum absolute atomic E-state index is 0.0321. The van der Waals surface area contributed by atoms with Crippen LogP contribution in [0.5, 0.6) is 0 Å². The van der Waals surface area contributed by atoms with Crippen molar-refractivity contribution in [1.29, 1.82) is 0 Å². The molecule has 6 heteroatoms. The van der Waals surface area contributed by atoms with Crippen LogP contribution in [0, 0.1) is 5.92 Å². The maximum Gasteiger partial charge on any atom is 0.227 e. The second-order valence-electron chi connectivity index (χ2n) is 5.95. The van der Waals surface area contributed by atoms with E-state index in [2.05, 4.69) is 9.97 Å². The summed E-state index contributed by atoms with van der Waals surface area (Å²) in [6.45, 7) is 1.22. The van der Waals surface area contributed by atoms with E-state index in [4.69, 9.17) is 11.6 Å². The Kier molecular flexibility index (Phi) is 5.20. The minimum atomic E-state index is -0.0321. The van der Waals surface area contributed by atoms with Gasteiger partial charge in [-0.25, -0.2) is 9.97 Å². The Balaban J connectivity index is 1.54. The first kappa shape index (κ1) is 16.6. The molecule has 0 N–H and O–H groups in total. The monoisotopic (exact) mass is 343 g/mol. The van der Waals surface area contributed by atoms with Gasteiger partial charge in [0.25, 0.3) is 0 Å². The summed E-state index contributed by atoms with van der Waals surface area (Å²) < 4.78 is 0. The zero-order valence-corrected chi connectivity index (χ0v) is 13.9. The fourth-order valence-corrected chi connectivity index (χ4v) is 3.07. The van der Waals surface area contributed by atoms with Crippen LogP contribution in [0.3, 0.4) is 0 Å². The van der Waals surface area contributed by atoms with E-state index >= 15 is 0 Å². The Morgan fingerprint density at radius 2 is 1.71 bits per heavy atom. The zero-order valence-electron chi connectivity index (χ0n) is 13.2. The minimum Gasteiger partial charge on any atom is -0.342 e. The van der Waals surface area contributed by atoms with Gasteiger partial charge in [-0.05, 0) is 42.7 Å². The average molecular weight is 344 g/mol. The number of carbonyl (C=O) groups is 2. The van der Waals surface area contributed by atoms with Crippen LogP contribution in [-0.4, -0.2) is 39.6 Å². The van der Waals surface area contributed by atoms with Crippen LogP contribution in [0.2, 0.25) is 5.02 Å². The Bertz CT molecular complexity index is 711. The molecule has 24 heavy (non-hydrogen) atoms. The van der Waals surface area contributed by atoms with Crippen molar-refractivity contribution < 1.29 is 9.59 Å². The van der Waals surface area contributed by atoms with Crippen LogP contribution in [0.1, 0.15) is 28.8 Å². The van der Waals surface area contributed by atoms with Crippen molar-refractivity contribution in [2.75, 3.05) is 13.1 Å². The maximum absolute atomic E-state index is 12.5. The summed E-state index contributed by atoms with van der Waals surface area (Å²) >= 11 is 5.86. The lowest BCUT2D eigenvalue weighted by Gasteiger charge is -2.31. The highest BCUT2D eigenvalue weighted by Crippen LogP contribution is 2.23. The third-order valence-corrected chi connectivity index (χ3v) is 4.57. The number of hydrogen-bond donors (Lipinski definition) is 0. The smallest absolute Gasteiger partial charge is 0.227 e. The molecule has 0 unspecified atom stereocenters. The average Bonchev–Trinajstić information content (AvgIpc) is 2.63. The number of piperidine rings is 1. The number of aromatic nitrogens is 2. The number of rotatable bonds is 4. The molecule has 5 nitrogen and oxygen atoms in total. The highest BCUT2D eigenvalue weighted by atomic mass is 35.5. The van der Waals surface area contributed by atoms with Crippen molar-refractivity contribution in [3.05, 3.63) is 59.1 Å². The Labute approximate surface area is 145 Å². The number of Topliss-reactive ketones (excluding diaryl/α,β-unsaturated/α-hetero) is 1. The van der Waals surface area contributed by atoms with Gasteiger partial charge >= 0.3 is 0 Å². The van der Waals surface area contributed by atoms with Crippen LogP contribution in [0.25, 0.3) is 0 Å². The van der Waals surface area contributed by atoms with Gasteiger partial charge in [0.1, 0.15) is 6.33 Å². The summed E-state index contributed by atoms with van der Waals surface area (Å²) in [4.78, 5) is 34.5. The van der Waals surface area contributed by atoms with Crippen molar-refractivity contribution >= 4 is 23.3 Å². The Morgan fingerprint density at radius 3 is 2.33 bits per heavy atom. The van der Waals surface area contributed by atoms with E-state index in [1.165, 1.54) is 6.33 Å². The normalized spacial score (nSPS) is 15.3. The summed E-state index contributed by atoms with van der Waals surface area (Å²) in [5, 5.41) is 0.622. The number of nitrogens with zero attached hydrogens (tertiary/aromatic N) is 3. The molecule has 1 saturated heterocycles. The number of ketones is 1. The fourth-order valence-electron chi connectivity index (χ4n) is 2.95. The number of benzene rings is 1. The highest BCUT2D eigenvalue weighted by Gasteiger charge is 2.27. The van der Waals surface area contributed by atoms with Gasteiger partial charge in [0.05, 0.1) is 6.42 Å². The van der Waals surface area contributed by atoms with Gasteiger partial charge < -0.3 is 4.90 Å². The van der Waals surface area contributed by atoms with E-state index in [-0.39, 0.29) is 17.6 Å². The molecule has 1 aromatic heterocycles. The van der Waals surface area contributed by atoms with E-state index in [0.717, 1.165) is 5.56 Å². The van der Waals surface area contributed by atoms with Crippen molar-refractivity contribution in [2.24, 2.45) is 5.92 Å². The van der Waals surface area contributed by atoms with E-state index in [1.54, 1.807) is 36.7 Å². The Morgan fingerprint density at radius 1 is 1.08 bits per heavy atom. The highest BCUT2D eigenvalue weighted by molar-refractivity contribution is 6.30. The maximum atomic E-state index is 12.5. The molecule has 1 amide bonds. The van der Waals surface area contributed by atoms with E-state index in [1.807, 2.05) is 4.90 Å². The summed E-state index contributed by atoms with van der Waals surface area (Å²) in [5.41, 5.74) is 1.49. The molecule has 0 atom stereocenters. The second-order valence-corrected chi connectivity index (χ2v) is 6.39. The largest absolute Gasteiger partial charge is 0.342 e. The molecule has 3 rings (SSSR count). The molecule has 1 fully saturated rings. The molecule has 2 aromatic rings. The molecule has 0 saturated carbocycles. The standard InChI is InChI=1S/C18H18ClN3O2/c19-16-3-1-14(2-4-16)18(24)15-5-7-22(8-6-15)17(23)9-13-10-20-12-21-11-13/h1-4,10-12,15H,5-9H2. The third-order valence-electron chi connectivity index (χ3n) is 4.32. The van der Waals surface area contributed by atoms with Gasteiger partial charge in [-0.15, -0.1) is 0 Å². The number of amides is 1. The molecular formula is C18H18ClN3O2.